The lowest BCUT2D eigenvalue weighted by Gasteiger charge is -2.17. The van der Waals surface area contributed by atoms with Gasteiger partial charge in [-0.05, 0) is 36.6 Å². The molecule has 1 fully saturated rings. The zero-order valence-electron chi connectivity index (χ0n) is 12.6. The van der Waals surface area contributed by atoms with E-state index in [0.717, 1.165) is 30.6 Å². The SMILES string of the molecule is CCCC1CCN(S(=O)(=O)c2c(C)csc2C(=O)OC)C1. The average molecular weight is 331 g/mol. The number of esters is 1. The van der Waals surface area contributed by atoms with E-state index in [1.54, 1.807) is 12.3 Å². The quantitative estimate of drug-likeness (QED) is 0.778. The van der Waals surface area contributed by atoms with Crippen molar-refractivity contribution in [3.05, 3.63) is 15.8 Å². The van der Waals surface area contributed by atoms with Crippen LogP contribution < -0.4 is 0 Å². The third-order valence-corrected chi connectivity index (χ3v) is 7.09. The van der Waals surface area contributed by atoms with Crippen molar-refractivity contribution in [2.75, 3.05) is 20.2 Å². The molecule has 0 N–H and O–H groups in total. The van der Waals surface area contributed by atoms with Crippen LogP contribution in [-0.4, -0.2) is 38.9 Å². The highest BCUT2D eigenvalue weighted by Gasteiger charge is 2.36. The van der Waals surface area contributed by atoms with Crippen molar-refractivity contribution in [1.82, 2.24) is 4.31 Å². The van der Waals surface area contributed by atoms with Crippen molar-refractivity contribution in [3.8, 4) is 0 Å². The van der Waals surface area contributed by atoms with E-state index in [1.807, 2.05) is 0 Å². The monoisotopic (exact) mass is 331 g/mol. The number of rotatable bonds is 5. The minimum Gasteiger partial charge on any atom is -0.465 e. The van der Waals surface area contributed by atoms with Gasteiger partial charge in [0.05, 0.1) is 7.11 Å². The van der Waals surface area contributed by atoms with Crippen LogP contribution in [0.3, 0.4) is 0 Å². The molecule has 1 aliphatic rings. The fourth-order valence-electron chi connectivity index (χ4n) is 2.78. The van der Waals surface area contributed by atoms with Crippen LogP contribution in [0.4, 0.5) is 0 Å². The molecule has 2 heterocycles. The van der Waals surface area contributed by atoms with Gasteiger partial charge >= 0.3 is 5.97 Å². The number of thiophene rings is 1. The Bertz CT molecular complexity index is 621. The summed E-state index contributed by atoms with van der Waals surface area (Å²) in [6, 6.07) is 0. The van der Waals surface area contributed by atoms with Crippen molar-refractivity contribution < 1.29 is 17.9 Å². The normalized spacial score (nSPS) is 19.9. The van der Waals surface area contributed by atoms with E-state index in [2.05, 4.69) is 6.92 Å². The van der Waals surface area contributed by atoms with E-state index in [1.165, 1.54) is 11.4 Å². The first-order chi connectivity index (χ1) is 9.91. The Morgan fingerprint density at radius 3 is 2.86 bits per heavy atom. The third-order valence-electron chi connectivity index (χ3n) is 3.83. The van der Waals surface area contributed by atoms with Gasteiger partial charge in [0.1, 0.15) is 9.77 Å². The number of methoxy groups -OCH3 is 1. The summed E-state index contributed by atoms with van der Waals surface area (Å²) in [5, 5.41) is 1.69. The Morgan fingerprint density at radius 1 is 1.52 bits per heavy atom. The second-order valence-corrected chi connectivity index (χ2v) is 8.13. The summed E-state index contributed by atoms with van der Waals surface area (Å²) in [6.07, 6.45) is 2.99. The van der Waals surface area contributed by atoms with Crippen LogP contribution in [0.25, 0.3) is 0 Å². The lowest BCUT2D eigenvalue weighted by molar-refractivity contribution is 0.0602. The molecule has 0 amide bonds. The molecule has 21 heavy (non-hydrogen) atoms. The lowest BCUT2D eigenvalue weighted by Crippen LogP contribution is -2.30. The fraction of sp³-hybridized carbons (Fsp3) is 0.643. The van der Waals surface area contributed by atoms with Gasteiger partial charge in [-0.3, -0.25) is 0 Å². The molecule has 0 bridgehead atoms. The molecule has 0 saturated carbocycles. The van der Waals surface area contributed by atoms with E-state index < -0.39 is 16.0 Å². The maximum atomic E-state index is 12.8. The first-order valence-electron chi connectivity index (χ1n) is 7.08. The Balaban J connectivity index is 2.33. The Labute approximate surface area is 130 Å². The van der Waals surface area contributed by atoms with Gasteiger partial charge in [0.15, 0.2) is 0 Å². The van der Waals surface area contributed by atoms with Gasteiger partial charge in [0.2, 0.25) is 10.0 Å². The maximum Gasteiger partial charge on any atom is 0.349 e. The summed E-state index contributed by atoms with van der Waals surface area (Å²) in [6.45, 7) is 4.90. The highest BCUT2D eigenvalue weighted by molar-refractivity contribution is 7.89. The molecule has 1 atom stereocenters. The van der Waals surface area contributed by atoms with E-state index in [-0.39, 0.29) is 9.77 Å². The summed E-state index contributed by atoms with van der Waals surface area (Å²) >= 11 is 1.13. The second kappa shape index (κ2) is 6.46. The number of hydrogen-bond donors (Lipinski definition) is 0. The highest BCUT2D eigenvalue weighted by Crippen LogP contribution is 2.33. The van der Waals surface area contributed by atoms with Crippen LogP contribution in [0, 0.1) is 12.8 Å². The number of nitrogens with zero attached hydrogens (tertiary/aromatic N) is 1. The smallest absolute Gasteiger partial charge is 0.349 e. The predicted molar refractivity (Wildman–Crippen MR) is 82.2 cm³/mol. The molecule has 7 heteroatoms. The van der Waals surface area contributed by atoms with Gasteiger partial charge in [-0.25, -0.2) is 13.2 Å². The van der Waals surface area contributed by atoms with Crippen molar-refractivity contribution in [2.24, 2.45) is 5.92 Å². The molecule has 0 radical (unpaired) electrons. The molecule has 1 aromatic heterocycles. The van der Waals surface area contributed by atoms with Crippen LogP contribution in [0.5, 0.6) is 0 Å². The molecule has 0 aliphatic carbocycles. The zero-order valence-corrected chi connectivity index (χ0v) is 14.2. The zero-order chi connectivity index (χ0) is 15.6. The van der Waals surface area contributed by atoms with Gasteiger partial charge in [0.25, 0.3) is 0 Å². The number of carbonyl (C=O) groups excluding carboxylic acids is 1. The standard InChI is InChI=1S/C14H21NO4S2/c1-4-5-11-6-7-15(8-11)21(17,18)13-10(2)9-20-12(13)14(16)19-3/h9,11H,4-8H2,1-3H3. The summed E-state index contributed by atoms with van der Waals surface area (Å²) < 4.78 is 31.9. The molecular weight excluding hydrogens is 310 g/mol. The molecule has 1 aliphatic heterocycles. The van der Waals surface area contributed by atoms with Gasteiger partial charge in [0, 0.05) is 13.1 Å². The first kappa shape index (κ1) is 16.5. The number of ether oxygens (including phenoxy) is 1. The average Bonchev–Trinajstić information content (AvgIpc) is 3.05. The van der Waals surface area contributed by atoms with Crippen molar-refractivity contribution in [1.29, 1.82) is 0 Å². The van der Waals surface area contributed by atoms with Crippen LogP contribution in [0.15, 0.2) is 10.3 Å². The molecular formula is C14H21NO4S2. The van der Waals surface area contributed by atoms with E-state index in [9.17, 15) is 13.2 Å². The third kappa shape index (κ3) is 3.14. The van der Waals surface area contributed by atoms with Gasteiger partial charge < -0.3 is 4.74 Å². The van der Waals surface area contributed by atoms with Crippen molar-refractivity contribution in [3.63, 3.8) is 0 Å². The summed E-state index contributed by atoms with van der Waals surface area (Å²) in [5.74, 6) is -0.165. The Hall–Kier alpha value is -0.920. The topological polar surface area (TPSA) is 63.7 Å². The van der Waals surface area contributed by atoms with Crippen LogP contribution >= 0.6 is 11.3 Å². The summed E-state index contributed by atoms with van der Waals surface area (Å²) in [4.78, 5) is 12.1. The van der Waals surface area contributed by atoms with Crippen LogP contribution in [0.1, 0.15) is 41.4 Å². The van der Waals surface area contributed by atoms with E-state index in [4.69, 9.17) is 4.74 Å². The number of aryl methyl sites for hydroxylation is 1. The highest BCUT2D eigenvalue weighted by atomic mass is 32.2. The second-order valence-electron chi connectivity index (χ2n) is 5.37. The van der Waals surface area contributed by atoms with Crippen molar-refractivity contribution in [2.45, 2.75) is 38.0 Å². The molecule has 1 saturated heterocycles. The largest absolute Gasteiger partial charge is 0.465 e. The minimum atomic E-state index is -3.62. The van der Waals surface area contributed by atoms with Crippen LogP contribution in [-0.2, 0) is 14.8 Å². The molecule has 0 spiro atoms. The summed E-state index contributed by atoms with van der Waals surface area (Å²) in [7, 11) is -2.36. The van der Waals surface area contributed by atoms with Gasteiger partial charge in [-0.15, -0.1) is 11.3 Å². The minimum absolute atomic E-state index is 0.122. The Kier molecular flexibility index (Phi) is 5.06. The molecule has 118 valence electrons. The predicted octanol–water partition coefficient (Wildman–Crippen LogP) is 2.65. The van der Waals surface area contributed by atoms with E-state index in [0.29, 0.717) is 24.6 Å². The van der Waals surface area contributed by atoms with Crippen LogP contribution in [0.2, 0.25) is 0 Å². The fourth-order valence-corrected chi connectivity index (χ4v) is 5.97. The number of hydrogen-bond acceptors (Lipinski definition) is 5. The summed E-state index contributed by atoms with van der Waals surface area (Å²) in [5.41, 5.74) is 0.611. The molecule has 1 aromatic rings. The molecule has 2 rings (SSSR count). The Morgan fingerprint density at radius 2 is 2.24 bits per heavy atom. The first-order valence-corrected chi connectivity index (χ1v) is 9.40. The van der Waals surface area contributed by atoms with Gasteiger partial charge in [-0.2, -0.15) is 4.31 Å². The molecule has 1 unspecified atom stereocenters. The lowest BCUT2D eigenvalue weighted by atomic mass is 10.0. The maximum absolute atomic E-state index is 12.8. The number of carbonyl (C=O) groups is 1. The molecule has 0 aromatic carbocycles. The van der Waals surface area contributed by atoms with Gasteiger partial charge in [-0.1, -0.05) is 13.3 Å². The van der Waals surface area contributed by atoms with E-state index >= 15 is 0 Å². The van der Waals surface area contributed by atoms with Crippen molar-refractivity contribution >= 4 is 27.3 Å². The molecule has 5 nitrogen and oxygen atoms in total. The number of sulfonamides is 1.